The van der Waals surface area contributed by atoms with Gasteiger partial charge in [-0.05, 0) is 113 Å². The Labute approximate surface area is 437 Å². The van der Waals surface area contributed by atoms with E-state index in [4.69, 9.17) is 18.9 Å². The van der Waals surface area contributed by atoms with E-state index in [0.717, 1.165) is 72.9 Å². The molecule has 1 aromatic carbocycles. The molecule has 0 bridgehead atoms. The SMILES string of the molecule is CC[C@H]1[C@@H](N(Cc2ccc(OC)cc2)S(=O)(=O)N(C)C)C[C@@H](C)N1C(=O)OC.COC(=O)N1[C@H](C)C[C@H](NS(=O)(=O)N(C)C)[C@@H]1COC1CCC2(c3ncccn3)CC2C1.O=C1CCC2(c3ncccn3)CC2C1. The van der Waals surface area contributed by atoms with Crippen LogP contribution in [0.25, 0.3) is 0 Å². The first kappa shape index (κ1) is 56.8. The number of amides is 2. The van der Waals surface area contributed by atoms with Gasteiger partial charge < -0.3 is 23.8 Å². The zero-order valence-corrected chi connectivity index (χ0v) is 46.1. The highest BCUT2D eigenvalue weighted by Gasteiger charge is 2.61. The molecule has 6 fully saturated rings. The Hall–Kier alpha value is -4.91. The van der Waals surface area contributed by atoms with Crippen LogP contribution < -0.4 is 9.46 Å². The van der Waals surface area contributed by atoms with Gasteiger partial charge in [-0.2, -0.15) is 34.5 Å². The normalized spacial score (nSPS) is 30.1. The van der Waals surface area contributed by atoms with Gasteiger partial charge in [0.25, 0.3) is 20.4 Å². The van der Waals surface area contributed by atoms with Crippen molar-refractivity contribution in [3.8, 4) is 5.75 Å². The van der Waals surface area contributed by atoms with Crippen molar-refractivity contribution in [3.05, 3.63) is 78.4 Å². The van der Waals surface area contributed by atoms with Crippen LogP contribution in [0.3, 0.4) is 0 Å². The van der Waals surface area contributed by atoms with E-state index in [9.17, 15) is 31.2 Å². The summed E-state index contributed by atoms with van der Waals surface area (Å²) in [5, 5.41) is 0. The van der Waals surface area contributed by atoms with E-state index in [1.807, 2.05) is 57.2 Å². The molecule has 2 aliphatic heterocycles. The molecule has 9 rings (SSSR count). The molecule has 2 aromatic heterocycles. The molecule has 5 unspecified atom stereocenters. The van der Waals surface area contributed by atoms with Crippen LogP contribution in [-0.2, 0) is 56.8 Å². The zero-order chi connectivity index (χ0) is 53.8. The highest BCUT2D eigenvalue weighted by molar-refractivity contribution is 7.87. The second kappa shape index (κ2) is 23.5. The van der Waals surface area contributed by atoms with Gasteiger partial charge in [-0.15, -0.1) is 0 Å². The Morgan fingerprint density at radius 2 is 1.31 bits per heavy atom. The molecule has 0 spiro atoms. The largest absolute Gasteiger partial charge is 0.497 e. The molecule has 21 nitrogen and oxygen atoms in total. The van der Waals surface area contributed by atoms with Crippen LogP contribution in [0.15, 0.2) is 61.2 Å². The number of carbonyl (C=O) groups excluding carboxylic acids is 3. The van der Waals surface area contributed by atoms with E-state index in [1.165, 1.54) is 51.0 Å². The number of hydrogen-bond acceptors (Lipinski definition) is 15. The third kappa shape index (κ3) is 12.2. The van der Waals surface area contributed by atoms with Crippen LogP contribution >= 0.6 is 0 Å². The van der Waals surface area contributed by atoms with Crippen LogP contribution in [-0.4, -0.2) is 176 Å². The van der Waals surface area contributed by atoms with Gasteiger partial charge >= 0.3 is 12.2 Å². The van der Waals surface area contributed by atoms with Crippen molar-refractivity contribution in [2.75, 3.05) is 56.1 Å². The molecular formula is C51H76N10O11S2. The van der Waals surface area contributed by atoms with Gasteiger partial charge in [0, 0.05) is 107 Å². The second-order valence-electron chi connectivity index (χ2n) is 21.0. The predicted octanol–water partition coefficient (Wildman–Crippen LogP) is 5.10. The Morgan fingerprint density at radius 3 is 1.82 bits per heavy atom. The summed E-state index contributed by atoms with van der Waals surface area (Å²) < 4.78 is 79.1. The molecule has 11 atom stereocenters. The summed E-state index contributed by atoms with van der Waals surface area (Å²) in [5.74, 6) is 4.06. The van der Waals surface area contributed by atoms with Crippen LogP contribution in [0.2, 0.25) is 0 Å². The average Bonchev–Trinajstić information content (AvgIpc) is 4.26. The molecule has 2 saturated heterocycles. The number of nitrogens with zero attached hydrogens (tertiary/aromatic N) is 9. The van der Waals surface area contributed by atoms with Gasteiger partial charge in [0.2, 0.25) is 0 Å². The Balaban J connectivity index is 0.000000173. The lowest BCUT2D eigenvalue weighted by Gasteiger charge is -2.35. The minimum Gasteiger partial charge on any atom is -0.497 e. The molecule has 2 amide bonds. The lowest BCUT2D eigenvalue weighted by atomic mass is 9.86. The number of rotatable bonds is 15. The van der Waals surface area contributed by atoms with Gasteiger partial charge in [-0.25, -0.2) is 29.5 Å². The fraction of sp³-hybridized carbons (Fsp3) is 0.667. The number of ketones is 1. The lowest BCUT2D eigenvalue weighted by Crippen LogP contribution is -2.52. The number of carbonyl (C=O) groups is 3. The van der Waals surface area contributed by atoms with Gasteiger partial charge in [0.1, 0.15) is 23.2 Å². The monoisotopic (exact) mass is 1070 g/mol. The summed E-state index contributed by atoms with van der Waals surface area (Å²) in [6.45, 7) is 6.25. The van der Waals surface area contributed by atoms with Crippen molar-refractivity contribution in [2.45, 2.75) is 151 Å². The van der Waals surface area contributed by atoms with Gasteiger partial charge in [-0.3, -0.25) is 9.69 Å². The number of benzene rings is 1. The maximum absolute atomic E-state index is 13.2. The Kier molecular flexibility index (Phi) is 18.1. The number of hydrogen-bond donors (Lipinski definition) is 1. The maximum Gasteiger partial charge on any atom is 0.410 e. The summed E-state index contributed by atoms with van der Waals surface area (Å²) in [5.41, 5.74) is 1.12. The zero-order valence-electron chi connectivity index (χ0n) is 44.5. The first-order valence-corrected chi connectivity index (χ1v) is 28.4. The number of nitrogens with one attached hydrogen (secondary N) is 1. The molecule has 4 aliphatic carbocycles. The van der Waals surface area contributed by atoms with Crippen LogP contribution in [0.1, 0.15) is 109 Å². The minimum absolute atomic E-state index is 0.0702. The molecule has 6 aliphatic rings. The van der Waals surface area contributed by atoms with E-state index < -0.39 is 44.7 Å². The lowest BCUT2D eigenvalue weighted by molar-refractivity contribution is -0.120. The van der Waals surface area contributed by atoms with Gasteiger partial charge in [0.05, 0.1) is 46.1 Å². The van der Waals surface area contributed by atoms with Gasteiger partial charge in [0.15, 0.2) is 0 Å². The molecule has 3 aromatic rings. The second-order valence-corrected chi connectivity index (χ2v) is 25.0. The third-order valence-corrected chi connectivity index (χ3v) is 19.6. The first-order chi connectivity index (χ1) is 35.2. The summed E-state index contributed by atoms with van der Waals surface area (Å²) in [6, 6.07) is 9.26. The van der Waals surface area contributed by atoms with E-state index in [1.54, 1.807) is 41.7 Å². The van der Waals surface area contributed by atoms with E-state index >= 15 is 0 Å². The number of likely N-dealkylation sites (tertiary alicyclic amines) is 2. The molecule has 408 valence electrons. The molecule has 23 heteroatoms. The Bertz CT molecular complexity index is 2620. The number of Topliss-reactive ketones (excluding diaryl/α,β-unsaturated/α-hetero) is 1. The standard InChI is InChI=1S/C21H33N5O5S.C19H31N3O5S.C11H12N2O/c1-14-10-17(24-32(28,29)25(2)3)18(26(14)20(27)30-4)13-31-16-6-7-21(12-15(21)11-16)19-22-8-5-9-23-19;1-7-17-18(12-14(2)22(17)19(23)27-6)21(28(24,25)20(3)4)13-15-8-10-16(26-5)11-9-15;14-9-2-3-11(7-8(11)6-9)10-12-4-1-5-13-10/h5,8-9,14-18,24H,6-7,10-13H2,1-4H3;8-11,14,17-18H,7,12-13H2,1-6H3;1,4-5,8H,2-3,6-7H2/t14-,15?,16?,17+,18+,21?;14-,17+,18+;/m11./s1. The molecule has 4 heterocycles. The quantitative estimate of drug-likeness (QED) is 0.209. The summed E-state index contributed by atoms with van der Waals surface area (Å²) >= 11 is 0. The molecule has 4 saturated carbocycles. The molecule has 0 radical (unpaired) electrons. The maximum atomic E-state index is 13.2. The number of ether oxygens (including phenoxy) is 4. The molecule has 1 N–H and O–H groups in total. The van der Waals surface area contributed by atoms with Crippen LogP contribution in [0.5, 0.6) is 5.75 Å². The number of methoxy groups -OCH3 is 3. The summed E-state index contributed by atoms with van der Waals surface area (Å²) in [6.07, 6.45) is 15.5. The van der Waals surface area contributed by atoms with Crippen molar-refractivity contribution in [3.63, 3.8) is 0 Å². The van der Waals surface area contributed by atoms with E-state index in [2.05, 4.69) is 24.7 Å². The summed E-state index contributed by atoms with van der Waals surface area (Å²) in [4.78, 5) is 56.8. The van der Waals surface area contributed by atoms with Crippen LogP contribution in [0, 0.1) is 11.8 Å². The van der Waals surface area contributed by atoms with Crippen molar-refractivity contribution in [1.82, 2.24) is 47.4 Å². The number of aromatic nitrogens is 4. The van der Waals surface area contributed by atoms with Crippen LogP contribution in [0.4, 0.5) is 9.59 Å². The van der Waals surface area contributed by atoms with E-state index in [-0.39, 0.29) is 54.3 Å². The fourth-order valence-electron chi connectivity index (χ4n) is 11.8. The fourth-order valence-corrected chi connectivity index (χ4v) is 14.0. The third-order valence-electron chi connectivity index (χ3n) is 16.1. The molecular weight excluding hydrogens is 993 g/mol. The van der Waals surface area contributed by atoms with Crippen molar-refractivity contribution in [1.29, 1.82) is 0 Å². The molecule has 74 heavy (non-hydrogen) atoms. The smallest absolute Gasteiger partial charge is 0.410 e. The van der Waals surface area contributed by atoms with Gasteiger partial charge in [-0.1, -0.05) is 19.1 Å². The van der Waals surface area contributed by atoms with Crippen molar-refractivity contribution < 1.29 is 50.2 Å². The Morgan fingerprint density at radius 1 is 0.757 bits per heavy atom. The topological polar surface area (TPSA) is 236 Å². The highest BCUT2D eigenvalue weighted by Crippen LogP contribution is 2.62. The number of fused-ring (bicyclic) bond motifs is 2. The van der Waals surface area contributed by atoms with E-state index in [0.29, 0.717) is 42.6 Å². The summed E-state index contributed by atoms with van der Waals surface area (Å²) in [7, 11) is 2.93. The highest BCUT2D eigenvalue weighted by atomic mass is 32.2. The first-order valence-electron chi connectivity index (χ1n) is 25.6. The average molecular weight is 1070 g/mol. The minimum atomic E-state index is -3.70. The van der Waals surface area contributed by atoms with Crippen molar-refractivity contribution in [2.24, 2.45) is 11.8 Å². The van der Waals surface area contributed by atoms with Crippen molar-refractivity contribution >= 4 is 38.4 Å². The predicted molar refractivity (Wildman–Crippen MR) is 275 cm³/mol.